The fraction of sp³-hybridized carbons (Fsp3) is 0. The Bertz CT molecular complexity index is 260. The second-order valence-electron chi connectivity index (χ2n) is 1.78. The zero-order valence-corrected chi connectivity index (χ0v) is 7.13. The van der Waals surface area contributed by atoms with Gasteiger partial charge in [0, 0.05) is 3.57 Å². The van der Waals surface area contributed by atoms with E-state index in [4.69, 9.17) is 0 Å². The molecule has 0 fully saturated rings. The van der Waals surface area contributed by atoms with Gasteiger partial charge in [0.25, 0.3) is 0 Å². The van der Waals surface area contributed by atoms with Crippen molar-refractivity contribution in [3.05, 3.63) is 33.1 Å². The first-order chi connectivity index (χ1) is 4.74. The van der Waals surface area contributed by atoms with Gasteiger partial charge in [0.15, 0.2) is 6.29 Å². The summed E-state index contributed by atoms with van der Waals surface area (Å²) in [5.74, 6) is -0.457. The SMILES string of the molecule is O=Cc1ccc(I)cc1F. The molecule has 52 valence electrons. The van der Waals surface area contributed by atoms with Crippen LogP contribution in [0.25, 0.3) is 0 Å². The van der Waals surface area contributed by atoms with Gasteiger partial charge >= 0.3 is 0 Å². The molecular formula is C7H4FIO. The monoisotopic (exact) mass is 250 g/mol. The highest BCUT2D eigenvalue weighted by Crippen LogP contribution is 2.09. The minimum atomic E-state index is -0.457. The second-order valence-corrected chi connectivity index (χ2v) is 3.03. The van der Waals surface area contributed by atoms with Crippen LogP contribution in [0.15, 0.2) is 18.2 Å². The first kappa shape index (κ1) is 7.65. The van der Waals surface area contributed by atoms with Crippen LogP contribution in [0.5, 0.6) is 0 Å². The van der Waals surface area contributed by atoms with E-state index in [1.165, 1.54) is 12.1 Å². The van der Waals surface area contributed by atoms with Gasteiger partial charge in [-0.15, -0.1) is 0 Å². The van der Waals surface area contributed by atoms with Crippen LogP contribution in [-0.4, -0.2) is 6.29 Å². The molecule has 1 aromatic carbocycles. The molecular weight excluding hydrogens is 246 g/mol. The van der Waals surface area contributed by atoms with E-state index in [0.717, 1.165) is 3.57 Å². The summed E-state index contributed by atoms with van der Waals surface area (Å²) >= 11 is 1.98. The molecule has 10 heavy (non-hydrogen) atoms. The normalized spacial score (nSPS) is 9.40. The lowest BCUT2D eigenvalue weighted by molar-refractivity contribution is 0.112. The predicted octanol–water partition coefficient (Wildman–Crippen LogP) is 2.24. The minimum Gasteiger partial charge on any atom is -0.298 e. The largest absolute Gasteiger partial charge is 0.298 e. The molecule has 1 rings (SSSR count). The van der Waals surface area contributed by atoms with Gasteiger partial charge in [0.05, 0.1) is 5.56 Å². The minimum absolute atomic E-state index is 0.111. The third-order valence-corrected chi connectivity index (χ3v) is 1.76. The van der Waals surface area contributed by atoms with Crippen LogP contribution in [0.4, 0.5) is 4.39 Å². The van der Waals surface area contributed by atoms with Gasteiger partial charge in [-0.1, -0.05) is 0 Å². The van der Waals surface area contributed by atoms with Crippen LogP contribution in [0.1, 0.15) is 10.4 Å². The van der Waals surface area contributed by atoms with Crippen LogP contribution in [0.3, 0.4) is 0 Å². The maximum atomic E-state index is 12.6. The Morgan fingerprint density at radius 3 is 2.70 bits per heavy atom. The maximum absolute atomic E-state index is 12.6. The molecule has 0 unspecified atom stereocenters. The lowest BCUT2D eigenvalue weighted by Crippen LogP contribution is -1.86. The highest BCUT2D eigenvalue weighted by atomic mass is 127. The van der Waals surface area contributed by atoms with Crippen molar-refractivity contribution in [3.8, 4) is 0 Å². The quantitative estimate of drug-likeness (QED) is 0.551. The van der Waals surface area contributed by atoms with Crippen molar-refractivity contribution in [1.82, 2.24) is 0 Å². The number of halogens is 2. The van der Waals surface area contributed by atoms with Gasteiger partial charge in [0.2, 0.25) is 0 Å². The van der Waals surface area contributed by atoms with Crippen LogP contribution < -0.4 is 0 Å². The Morgan fingerprint density at radius 2 is 2.20 bits per heavy atom. The van der Waals surface area contributed by atoms with E-state index in [1.54, 1.807) is 6.07 Å². The topological polar surface area (TPSA) is 17.1 Å². The molecule has 0 aromatic heterocycles. The van der Waals surface area contributed by atoms with Crippen molar-refractivity contribution in [2.75, 3.05) is 0 Å². The lowest BCUT2D eigenvalue weighted by Gasteiger charge is -1.92. The van der Waals surface area contributed by atoms with Crippen molar-refractivity contribution < 1.29 is 9.18 Å². The molecule has 0 spiro atoms. The van der Waals surface area contributed by atoms with Crippen molar-refractivity contribution in [2.45, 2.75) is 0 Å². The average molecular weight is 250 g/mol. The fourth-order valence-corrected chi connectivity index (χ4v) is 1.05. The fourth-order valence-electron chi connectivity index (χ4n) is 0.597. The molecule has 0 bridgehead atoms. The summed E-state index contributed by atoms with van der Waals surface area (Å²) in [5.41, 5.74) is 0.111. The van der Waals surface area contributed by atoms with Gasteiger partial charge in [-0.25, -0.2) is 4.39 Å². The van der Waals surface area contributed by atoms with Gasteiger partial charge in [-0.2, -0.15) is 0 Å². The first-order valence-electron chi connectivity index (χ1n) is 2.64. The Balaban J connectivity index is 3.19. The number of carbonyl (C=O) groups excluding carboxylic acids is 1. The standard InChI is InChI=1S/C7H4FIO/c8-7-3-6(9)2-1-5(7)4-10/h1-4H. The zero-order valence-electron chi connectivity index (χ0n) is 4.97. The van der Waals surface area contributed by atoms with Crippen molar-refractivity contribution in [3.63, 3.8) is 0 Å². The summed E-state index contributed by atoms with van der Waals surface area (Å²) in [6.07, 6.45) is 0.505. The van der Waals surface area contributed by atoms with E-state index in [9.17, 15) is 9.18 Å². The molecule has 0 saturated carbocycles. The first-order valence-corrected chi connectivity index (χ1v) is 3.72. The third kappa shape index (κ3) is 1.53. The van der Waals surface area contributed by atoms with E-state index in [1.807, 2.05) is 22.6 Å². The molecule has 1 aromatic rings. The third-order valence-electron chi connectivity index (χ3n) is 1.09. The molecule has 0 amide bonds. The highest BCUT2D eigenvalue weighted by molar-refractivity contribution is 14.1. The Kier molecular flexibility index (Phi) is 2.37. The Hall–Kier alpha value is -0.450. The maximum Gasteiger partial charge on any atom is 0.152 e. The van der Waals surface area contributed by atoms with Crippen LogP contribution in [0.2, 0.25) is 0 Å². The smallest absolute Gasteiger partial charge is 0.152 e. The molecule has 1 nitrogen and oxygen atoms in total. The zero-order chi connectivity index (χ0) is 7.56. The molecule has 0 radical (unpaired) electrons. The number of aldehydes is 1. The highest BCUT2D eigenvalue weighted by Gasteiger charge is 1.98. The lowest BCUT2D eigenvalue weighted by atomic mass is 10.2. The van der Waals surface area contributed by atoms with Gasteiger partial charge in [0.1, 0.15) is 5.82 Å². The Morgan fingerprint density at radius 1 is 1.50 bits per heavy atom. The van der Waals surface area contributed by atoms with Crippen LogP contribution in [0, 0.1) is 9.39 Å². The summed E-state index contributed by atoms with van der Waals surface area (Å²) in [6, 6.07) is 4.47. The van der Waals surface area contributed by atoms with E-state index < -0.39 is 5.82 Å². The molecule has 0 N–H and O–H groups in total. The summed E-state index contributed by atoms with van der Waals surface area (Å²) in [4.78, 5) is 10.1. The van der Waals surface area contributed by atoms with Gasteiger partial charge in [-0.05, 0) is 40.8 Å². The van der Waals surface area contributed by atoms with Crippen LogP contribution >= 0.6 is 22.6 Å². The second kappa shape index (κ2) is 3.09. The summed E-state index contributed by atoms with van der Waals surface area (Å²) in [7, 11) is 0. The molecule has 0 saturated heterocycles. The molecule has 0 heterocycles. The average Bonchev–Trinajstić information content (AvgIpc) is 1.88. The number of rotatable bonds is 1. The van der Waals surface area contributed by atoms with E-state index in [-0.39, 0.29) is 5.56 Å². The number of hydrogen-bond acceptors (Lipinski definition) is 1. The van der Waals surface area contributed by atoms with Crippen molar-refractivity contribution >= 4 is 28.9 Å². The molecule has 0 atom stereocenters. The summed E-state index contributed by atoms with van der Waals surface area (Å²) in [6.45, 7) is 0. The van der Waals surface area contributed by atoms with Gasteiger partial charge in [-0.3, -0.25) is 4.79 Å². The van der Waals surface area contributed by atoms with Crippen molar-refractivity contribution in [1.29, 1.82) is 0 Å². The number of benzene rings is 1. The molecule has 0 aliphatic heterocycles. The van der Waals surface area contributed by atoms with E-state index >= 15 is 0 Å². The summed E-state index contributed by atoms with van der Waals surface area (Å²) < 4.78 is 13.4. The number of hydrogen-bond donors (Lipinski definition) is 0. The van der Waals surface area contributed by atoms with Gasteiger partial charge < -0.3 is 0 Å². The van der Waals surface area contributed by atoms with E-state index in [0.29, 0.717) is 6.29 Å². The summed E-state index contributed by atoms with van der Waals surface area (Å²) in [5, 5.41) is 0. The van der Waals surface area contributed by atoms with Crippen LogP contribution in [-0.2, 0) is 0 Å². The van der Waals surface area contributed by atoms with E-state index in [2.05, 4.69) is 0 Å². The van der Waals surface area contributed by atoms with Crippen molar-refractivity contribution in [2.24, 2.45) is 0 Å². The molecule has 0 aliphatic carbocycles. The predicted molar refractivity (Wildman–Crippen MR) is 44.5 cm³/mol. The number of carbonyl (C=O) groups is 1. The molecule has 3 heteroatoms. The Labute approximate surface area is 71.4 Å². The molecule has 0 aliphatic rings.